The summed E-state index contributed by atoms with van der Waals surface area (Å²) in [6, 6.07) is 18.3. The van der Waals surface area contributed by atoms with Crippen molar-refractivity contribution in [1.82, 2.24) is 14.6 Å². The molecule has 0 aliphatic carbocycles. The van der Waals surface area contributed by atoms with Gasteiger partial charge in [-0.1, -0.05) is 30.3 Å². The SMILES string of the molecule is O=c1[nH]n2c(=O)cc(-c3ccc4occc4c3)[nH]c2c1-c1ccccc1. The smallest absolute Gasteiger partial charge is 0.274 e. The second kappa shape index (κ2) is 5.35. The minimum atomic E-state index is -0.313. The molecular formula is C20H13N3O3. The zero-order valence-corrected chi connectivity index (χ0v) is 13.5. The first-order valence-electron chi connectivity index (χ1n) is 8.12. The Balaban J connectivity index is 1.80. The number of aromatic nitrogens is 3. The number of hydrogen-bond donors (Lipinski definition) is 2. The summed E-state index contributed by atoms with van der Waals surface area (Å²) in [6.45, 7) is 0. The molecule has 2 N–H and O–H groups in total. The van der Waals surface area contributed by atoms with Crippen molar-refractivity contribution in [2.45, 2.75) is 0 Å². The van der Waals surface area contributed by atoms with Crippen LogP contribution in [0.1, 0.15) is 0 Å². The Morgan fingerprint density at radius 2 is 1.73 bits per heavy atom. The van der Waals surface area contributed by atoms with Crippen LogP contribution in [0.25, 0.3) is 39.0 Å². The van der Waals surface area contributed by atoms with E-state index in [4.69, 9.17) is 4.42 Å². The molecule has 0 unspecified atom stereocenters. The lowest BCUT2D eigenvalue weighted by Crippen LogP contribution is -2.15. The molecule has 6 heteroatoms. The van der Waals surface area contributed by atoms with Gasteiger partial charge in [0.1, 0.15) is 11.2 Å². The lowest BCUT2D eigenvalue weighted by Gasteiger charge is -2.05. The van der Waals surface area contributed by atoms with E-state index in [1.165, 1.54) is 10.6 Å². The largest absolute Gasteiger partial charge is 0.464 e. The molecule has 26 heavy (non-hydrogen) atoms. The molecule has 0 atom stereocenters. The third-order valence-electron chi connectivity index (χ3n) is 4.47. The summed E-state index contributed by atoms with van der Waals surface area (Å²) in [5, 5.41) is 3.54. The molecule has 5 aromatic rings. The van der Waals surface area contributed by atoms with Gasteiger partial charge in [-0.2, -0.15) is 4.52 Å². The maximum atomic E-state index is 12.5. The number of nitrogens with one attached hydrogen (secondary N) is 2. The first-order chi connectivity index (χ1) is 12.7. The van der Waals surface area contributed by atoms with Gasteiger partial charge in [-0.3, -0.25) is 14.7 Å². The van der Waals surface area contributed by atoms with Crippen molar-refractivity contribution < 1.29 is 4.42 Å². The predicted molar refractivity (Wildman–Crippen MR) is 99.3 cm³/mol. The quantitative estimate of drug-likeness (QED) is 0.515. The van der Waals surface area contributed by atoms with Gasteiger partial charge in [0.2, 0.25) is 0 Å². The van der Waals surface area contributed by atoms with Crippen LogP contribution in [-0.2, 0) is 0 Å². The van der Waals surface area contributed by atoms with E-state index in [1.807, 2.05) is 54.6 Å². The molecule has 3 aromatic heterocycles. The number of hydrogen-bond acceptors (Lipinski definition) is 3. The van der Waals surface area contributed by atoms with Gasteiger partial charge >= 0.3 is 0 Å². The molecule has 2 aromatic carbocycles. The van der Waals surface area contributed by atoms with Crippen LogP contribution in [0.5, 0.6) is 0 Å². The molecule has 0 fully saturated rings. The number of benzene rings is 2. The second-order valence-corrected chi connectivity index (χ2v) is 6.06. The van der Waals surface area contributed by atoms with Gasteiger partial charge < -0.3 is 9.40 Å². The van der Waals surface area contributed by atoms with E-state index < -0.39 is 0 Å². The number of fused-ring (bicyclic) bond motifs is 2. The highest BCUT2D eigenvalue weighted by Crippen LogP contribution is 2.25. The molecular weight excluding hydrogens is 330 g/mol. The summed E-state index contributed by atoms with van der Waals surface area (Å²) in [5.41, 5.74) is 3.26. The number of furan rings is 1. The van der Waals surface area contributed by atoms with E-state index in [-0.39, 0.29) is 11.1 Å². The van der Waals surface area contributed by atoms with Crippen molar-refractivity contribution >= 4 is 16.6 Å². The second-order valence-electron chi connectivity index (χ2n) is 6.06. The third kappa shape index (κ3) is 2.12. The summed E-state index contributed by atoms with van der Waals surface area (Å²) in [4.78, 5) is 28.2. The lowest BCUT2D eigenvalue weighted by atomic mass is 10.1. The predicted octanol–water partition coefficient (Wildman–Crippen LogP) is 3.40. The highest BCUT2D eigenvalue weighted by atomic mass is 16.3. The van der Waals surface area contributed by atoms with Gasteiger partial charge in [-0.15, -0.1) is 0 Å². The highest BCUT2D eigenvalue weighted by Gasteiger charge is 2.15. The molecule has 126 valence electrons. The van der Waals surface area contributed by atoms with Crippen LogP contribution in [-0.4, -0.2) is 14.6 Å². The fraction of sp³-hybridized carbons (Fsp3) is 0. The first-order valence-corrected chi connectivity index (χ1v) is 8.12. The maximum absolute atomic E-state index is 12.5. The minimum Gasteiger partial charge on any atom is -0.464 e. The molecule has 0 amide bonds. The van der Waals surface area contributed by atoms with Crippen LogP contribution in [0.3, 0.4) is 0 Å². The monoisotopic (exact) mass is 343 g/mol. The average molecular weight is 343 g/mol. The number of nitrogens with zero attached hydrogens (tertiary/aromatic N) is 1. The lowest BCUT2D eigenvalue weighted by molar-refractivity contribution is 0.616. The zero-order chi connectivity index (χ0) is 17.7. The van der Waals surface area contributed by atoms with E-state index in [0.29, 0.717) is 16.9 Å². The van der Waals surface area contributed by atoms with Crippen molar-refractivity contribution in [3.8, 4) is 22.4 Å². The number of rotatable bonds is 2. The Morgan fingerprint density at radius 3 is 2.58 bits per heavy atom. The molecule has 0 saturated heterocycles. The van der Waals surface area contributed by atoms with Gasteiger partial charge in [0.05, 0.1) is 17.5 Å². The Hall–Kier alpha value is -3.80. The standard InChI is InChI=1S/C20H13N3O3/c24-17-11-15(13-6-7-16-14(10-13)8-9-26-16)21-19-18(20(25)22-23(17)19)12-4-2-1-3-5-12/h1-11,21H,(H,22,25). The van der Waals surface area contributed by atoms with E-state index in [1.54, 1.807) is 6.26 Å². The fourth-order valence-electron chi connectivity index (χ4n) is 3.23. The zero-order valence-electron chi connectivity index (χ0n) is 13.5. The molecule has 0 bridgehead atoms. The molecule has 6 nitrogen and oxygen atoms in total. The Kier molecular flexibility index (Phi) is 2.99. The molecule has 0 saturated carbocycles. The van der Waals surface area contributed by atoms with Crippen LogP contribution in [0.15, 0.2) is 80.9 Å². The number of H-pyrrole nitrogens is 2. The van der Waals surface area contributed by atoms with E-state index in [9.17, 15) is 9.59 Å². The summed E-state index contributed by atoms with van der Waals surface area (Å²) in [7, 11) is 0. The maximum Gasteiger partial charge on any atom is 0.274 e. The summed E-state index contributed by atoms with van der Waals surface area (Å²) in [6.07, 6.45) is 1.62. The van der Waals surface area contributed by atoms with Crippen LogP contribution in [0, 0.1) is 0 Å². The molecule has 0 radical (unpaired) electrons. The van der Waals surface area contributed by atoms with Crippen LogP contribution < -0.4 is 11.1 Å². The summed E-state index contributed by atoms with van der Waals surface area (Å²) in [5.74, 6) is 0. The molecule has 5 rings (SSSR count). The van der Waals surface area contributed by atoms with E-state index >= 15 is 0 Å². The molecule has 0 aliphatic heterocycles. The average Bonchev–Trinajstić information content (AvgIpc) is 3.25. The summed E-state index contributed by atoms with van der Waals surface area (Å²) >= 11 is 0. The van der Waals surface area contributed by atoms with Crippen LogP contribution in [0.2, 0.25) is 0 Å². The Bertz CT molecular complexity index is 1370. The van der Waals surface area contributed by atoms with Gasteiger partial charge in [-0.05, 0) is 35.4 Å². The van der Waals surface area contributed by atoms with E-state index in [0.717, 1.165) is 22.1 Å². The van der Waals surface area contributed by atoms with Gasteiger partial charge in [0.25, 0.3) is 11.1 Å². The van der Waals surface area contributed by atoms with E-state index in [2.05, 4.69) is 10.1 Å². The molecule has 0 aliphatic rings. The van der Waals surface area contributed by atoms with Crippen molar-refractivity contribution in [3.63, 3.8) is 0 Å². The highest BCUT2D eigenvalue weighted by molar-refractivity contribution is 5.84. The number of aromatic amines is 2. The van der Waals surface area contributed by atoms with Crippen LogP contribution in [0.4, 0.5) is 0 Å². The van der Waals surface area contributed by atoms with Crippen molar-refractivity contribution in [3.05, 3.63) is 87.6 Å². The minimum absolute atomic E-state index is 0.305. The fourth-order valence-corrected chi connectivity index (χ4v) is 3.23. The Labute approximate surface area is 146 Å². The Morgan fingerprint density at radius 1 is 0.885 bits per heavy atom. The summed E-state index contributed by atoms with van der Waals surface area (Å²) < 4.78 is 6.60. The van der Waals surface area contributed by atoms with Gasteiger partial charge in [0, 0.05) is 11.5 Å². The molecule has 0 spiro atoms. The van der Waals surface area contributed by atoms with Gasteiger partial charge in [-0.25, -0.2) is 0 Å². The third-order valence-corrected chi connectivity index (χ3v) is 4.47. The van der Waals surface area contributed by atoms with Gasteiger partial charge in [0.15, 0.2) is 0 Å². The van der Waals surface area contributed by atoms with Crippen LogP contribution >= 0.6 is 0 Å². The normalized spacial score (nSPS) is 11.4. The van der Waals surface area contributed by atoms with Crippen molar-refractivity contribution in [2.24, 2.45) is 0 Å². The topological polar surface area (TPSA) is 83.3 Å². The van der Waals surface area contributed by atoms with Crippen molar-refractivity contribution in [2.75, 3.05) is 0 Å². The molecule has 3 heterocycles. The van der Waals surface area contributed by atoms with Crippen molar-refractivity contribution in [1.29, 1.82) is 0 Å². The first kappa shape index (κ1) is 14.5.